The van der Waals surface area contributed by atoms with E-state index in [9.17, 15) is 33.6 Å². The Labute approximate surface area is 391 Å². The molecule has 0 radical (unpaired) electrons. The number of nitrogen functional groups attached to an aromatic ring is 1. The maximum Gasteiger partial charge on any atom is 0.264 e. The van der Waals surface area contributed by atoms with Crippen molar-refractivity contribution in [3.05, 3.63) is 76.3 Å². The van der Waals surface area contributed by atoms with Gasteiger partial charge in [0, 0.05) is 88.8 Å². The van der Waals surface area contributed by atoms with Crippen molar-refractivity contribution in [2.75, 3.05) is 113 Å². The average molecular weight is 941 g/mol. The first kappa shape index (κ1) is 48.3. The van der Waals surface area contributed by atoms with Gasteiger partial charge in [-0.15, -0.1) is 11.3 Å². The summed E-state index contributed by atoms with van der Waals surface area (Å²) in [6.07, 6.45) is 3.55. The maximum atomic E-state index is 13.2. The van der Waals surface area contributed by atoms with Gasteiger partial charge in [0.25, 0.3) is 23.6 Å². The number of thiophene rings is 1. The van der Waals surface area contributed by atoms with Crippen molar-refractivity contribution in [3.8, 4) is 0 Å². The third kappa shape index (κ3) is 11.7. The molecule has 0 spiro atoms. The number of hydrogen-bond donors (Lipinski definition) is 5. The Hall–Kier alpha value is -6.68. The largest absolute Gasteiger partial charge is 0.397 e. The lowest BCUT2D eigenvalue weighted by Crippen LogP contribution is -2.54. The standard InChI is InChI=1S/C46H56N10O10S/c1-53(44(61)29-7-9-30(10-8-29)54-19-4-20-55(22-21-54)33-13-16-51-43-38(33)39(47)40(67-43)41(48)59)18-3-15-50-35(57)14-23-64-25-27-66-28-26-65-24-17-49-32-6-2-5-31-37(32)46(63)56(45(31)62)34-11-12-36(58)52-42(34)60/h2,5-10,13,16,34,49H,3-4,11-12,14-15,17-28,47H2,1H3,(H2,48,59)(H,50,57)(H,52,58,60). The molecule has 5 heterocycles. The summed E-state index contributed by atoms with van der Waals surface area (Å²) >= 11 is 1.21. The molecular weight excluding hydrogens is 885 g/mol. The second-order valence-electron chi connectivity index (χ2n) is 16.2. The molecule has 2 aromatic heterocycles. The van der Waals surface area contributed by atoms with Gasteiger partial charge in [-0.2, -0.15) is 0 Å². The van der Waals surface area contributed by atoms with E-state index in [4.69, 9.17) is 25.7 Å². The number of nitrogens with zero attached hydrogens (tertiary/aromatic N) is 5. The number of primary amides is 1. The molecule has 1 atom stereocenters. The van der Waals surface area contributed by atoms with Gasteiger partial charge in [0.15, 0.2) is 0 Å². The lowest BCUT2D eigenvalue weighted by molar-refractivity contribution is -0.136. The molecule has 4 aromatic rings. The fourth-order valence-corrected chi connectivity index (χ4v) is 9.22. The number of imide groups is 2. The molecule has 356 valence electrons. The molecule has 7 amide bonds. The van der Waals surface area contributed by atoms with E-state index in [0.29, 0.717) is 85.7 Å². The van der Waals surface area contributed by atoms with Crippen molar-refractivity contribution in [1.29, 1.82) is 0 Å². The number of nitrogens with two attached hydrogens (primary N) is 2. The topological polar surface area (TPSA) is 261 Å². The first-order valence-corrected chi connectivity index (χ1v) is 23.1. The van der Waals surface area contributed by atoms with Gasteiger partial charge in [-0.3, -0.25) is 43.8 Å². The number of nitrogens with one attached hydrogen (secondary N) is 3. The van der Waals surface area contributed by atoms with Crippen LogP contribution < -0.4 is 37.2 Å². The van der Waals surface area contributed by atoms with Crippen LogP contribution in [0, 0.1) is 0 Å². The first-order chi connectivity index (χ1) is 32.4. The lowest BCUT2D eigenvalue weighted by Gasteiger charge is -2.27. The van der Waals surface area contributed by atoms with E-state index in [1.807, 2.05) is 30.3 Å². The number of pyridine rings is 1. The van der Waals surface area contributed by atoms with Crippen LogP contribution >= 0.6 is 11.3 Å². The number of piperidine rings is 1. The van der Waals surface area contributed by atoms with Crippen LogP contribution in [0.2, 0.25) is 0 Å². The first-order valence-electron chi connectivity index (χ1n) is 22.3. The number of carbonyl (C=O) groups is 7. The molecule has 2 saturated heterocycles. The van der Waals surface area contributed by atoms with E-state index in [-0.39, 0.29) is 48.8 Å². The van der Waals surface area contributed by atoms with Crippen molar-refractivity contribution in [3.63, 3.8) is 0 Å². The highest BCUT2D eigenvalue weighted by Gasteiger charge is 2.45. The fraction of sp³-hybridized carbons (Fsp3) is 0.435. The lowest BCUT2D eigenvalue weighted by atomic mass is 10.0. The summed E-state index contributed by atoms with van der Waals surface area (Å²) in [5.41, 5.74) is 15.7. The Morgan fingerprint density at radius 2 is 1.60 bits per heavy atom. The molecule has 0 aliphatic carbocycles. The smallest absolute Gasteiger partial charge is 0.264 e. The van der Waals surface area contributed by atoms with E-state index < -0.39 is 35.6 Å². The number of anilines is 4. The Balaban J connectivity index is 0.705. The minimum atomic E-state index is -1.03. The highest BCUT2D eigenvalue weighted by Crippen LogP contribution is 2.39. The van der Waals surface area contributed by atoms with E-state index >= 15 is 0 Å². The summed E-state index contributed by atoms with van der Waals surface area (Å²) in [5.74, 6) is -3.04. The van der Waals surface area contributed by atoms with Gasteiger partial charge >= 0.3 is 0 Å². The molecule has 2 fully saturated rings. The van der Waals surface area contributed by atoms with Crippen LogP contribution in [0.25, 0.3) is 10.2 Å². The molecule has 7 rings (SSSR count). The predicted octanol–water partition coefficient (Wildman–Crippen LogP) is 2.23. The zero-order valence-corrected chi connectivity index (χ0v) is 38.2. The Morgan fingerprint density at radius 1 is 0.881 bits per heavy atom. The summed E-state index contributed by atoms with van der Waals surface area (Å²) < 4.78 is 16.7. The third-order valence-electron chi connectivity index (χ3n) is 11.7. The van der Waals surface area contributed by atoms with Crippen LogP contribution in [0.4, 0.5) is 22.7 Å². The Kier molecular flexibility index (Phi) is 16.3. The Bertz CT molecular complexity index is 2480. The summed E-state index contributed by atoms with van der Waals surface area (Å²) in [7, 11) is 1.75. The number of fused-ring (bicyclic) bond motifs is 2. The predicted molar refractivity (Wildman–Crippen MR) is 251 cm³/mol. The van der Waals surface area contributed by atoms with Crippen molar-refractivity contribution in [1.82, 2.24) is 25.4 Å². The van der Waals surface area contributed by atoms with Crippen LogP contribution in [0.1, 0.15) is 72.8 Å². The zero-order valence-electron chi connectivity index (χ0n) is 37.4. The fourth-order valence-electron chi connectivity index (χ4n) is 8.29. The van der Waals surface area contributed by atoms with Crippen LogP contribution in [0.5, 0.6) is 0 Å². The highest BCUT2D eigenvalue weighted by molar-refractivity contribution is 7.21. The summed E-state index contributed by atoms with van der Waals surface area (Å²) in [5, 5.41) is 8.95. The van der Waals surface area contributed by atoms with Crippen molar-refractivity contribution in [2.24, 2.45) is 5.73 Å². The van der Waals surface area contributed by atoms with E-state index in [1.165, 1.54) is 17.4 Å². The quantitative estimate of drug-likeness (QED) is 0.0559. The number of amides is 7. The van der Waals surface area contributed by atoms with Crippen LogP contribution in [0.3, 0.4) is 0 Å². The summed E-state index contributed by atoms with van der Waals surface area (Å²) in [6, 6.07) is 13.4. The van der Waals surface area contributed by atoms with Crippen LogP contribution in [0.15, 0.2) is 54.7 Å². The number of rotatable bonds is 22. The minimum absolute atomic E-state index is 0.0485. The normalized spacial score (nSPS) is 16.3. The maximum absolute atomic E-state index is 13.2. The van der Waals surface area contributed by atoms with E-state index in [0.717, 1.165) is 54.3 Å². The van der Waals surface area contributed by atoms with Crippen LogP contribution in [-0.4, -0.2) is 155 Å². The van der Waals surface area contributed by atoms with Gasteiger partial charge < -0.3 is 51.0 Å². The van der Waals surface area contributed by atoms with Gasteiger partial charge in [0.1, 0.15) is 15.7 Å². The van der Waals surface area contributed by atoms with Crippen LogP contribution in [-0.2, 0) is 28.6 Å². The van der Waals surface area contributed by atoms with Gasteiger partial charge in [0.05, 0.1) is 67.5 Å². The summed E-state index contributed by atoms with van der Waals surface area (Å²) in [4.78, 5) is 100. The van der Waals surface area contributed by atoms with Gasteiger partial charge in [-0.05, 0) is 61.7 Å². The molecule has 0 saturated carbocycles. The molecular formula is C46H56N10O10S. The molecule has 0 bridgehead atoms. The van der Waals surface area contributed by atoms with Gasteiger partial charge in [-0.1, -0.05) is 6.07 Å². The number of benzene rings is 2. The molecule has 21 heteroatoms. The van der Waals surface area contributed by atoms with E-state index in [2.05, 4.69) is 30.7 Å². The molecule has 3 aliphatic rings. The summed E-state index contributed by atoms with van der Waals surface area (Å²) in [6.45, 7) is 6.19. The second kappa shape index (κ2) is 22.7. The number of aromatic nitrogens is 1. The zero-order chi connectivity index (χ0) is 47.5. The average Bonchev–Trinajstić information content (AvgIpc) is 3.66. The molecule has 7 N–H and O–H groups in total. The molecule has 3 aliphatic heterocycles. The number of hydrogen-bond acceptors (Lipinski definition) is 16. The van der Waals surface area contributed by atoms with Gasteiger partial charge in [-0.25, -0.2) is 4.98 Å². The SMILES string of the molecule is CN(CCCNC(=O)CCOCCOCCOCCNc1cccc2c1C(=O)N(C1CCC(=O)NC1=O)C2=O)C(=O)c1ccc(N2CCCN(c3ccnc4sc(C(N)=O)c(N)c34)CC2)cc1. The van der Waals surface area contributed by atoms with Gasteiger partial charge in [0.2, 0.25) is 17.7 Å². The highest BCUT2D eigenvalue weighted by atomic mass is 32.1. The second-order valence-corrected chi connectivity index (χ2v) is 17.2. The van der Waals surface area contributed by atoms with Crippen molar-refractivity contribution < 1.29 is 47.8 Å². The molecule has 67 heavy (non-hydrogen) atoms. The molecule has 1 unspecified atom stereocenters. The minimum Gasteiger partial charge on any atom is -0.397 e. The third-order valence-corrected chi connectivity index (χ3v) is 12.9. The van der Waals surface area contributed by atoms with E-state index in [1.54, 1.807) is 30.3 Å². The van der Waals surface area contributed by atoms with Crippen molar-refractivity contribution in [2.45, 2.75) is 38.1 Å². The number of carbonyl (C=O) groups excluding carboxylic acids is 7. The monoisotopic (exact) mass is 940 g/mol. The molecule has 20 nitrogen and oxygen atoms in total. The Morgan fingerprint density at radius 3 is 2.34 bits per heavy atom. The molecule has 2 aromatic carbocycles. The van der Waals surface area contributed by atoms with Crippen molar-refractivity contribution >= 4 is 85.7 Å². The number of ether oxygens (including phenoxy) is 3.